The summed E-state index contributed by atoms with van der Waals surface area (Å²) < 4.78 is 21.3. The van der Waals surface area contributed by atoms with Gasteiger partial charge in [-0.1, -0.05) is 0 Å². The maximum Gasteiger partial charge on any atom is 0.178 e. The number of allylic oxidation sites excluding steroid dienone is 1. The summed E-state index contributed by atoms with van der Waals surface area (Å²) in [6.07, 6.45) is 1.17. The fourth-order valence-corrected chi connectivity index (χ4v) is 1.59. The van der Waals surface area contributed by atoms with Gasteiger partial charge in [0.15, 0.2) is 9.84 Å². The lowest BCUT2D eigenvalue weighted by Gasteiger charge is -2.05. The smallest absolute Gasteiger partial charge is 0.178 e. The molecule has 0 fully saturated rings. The van der Waals surface area contributed by atoms with Gasteiger partial charge in [0.1, 0.15) is 11.5 Å². The maximum atomic E-state index is 10.7. The van der Waals surface area contributed by atoms with Gasteiger partial charge in [0.25, 0.3) is 0 Å². The quantitative estimate of drug-likeness (QED) is 0.509. The van der Waals surface area contributed by atoms with Gasteiger partial charge >= 0.3 is 0 Å². The predicted molar refractivity (Wildman–Crippen MR) is 36.8 cm³/mol. The summed E-state index contributed by atoms with van der Waals surface area (Å²) in [6.45, 7) is 0. The van der Waals surface area contributed by atoms with Crippen molar-refractivity contribution in [1.29, 1.82) is 0 Å². The van der Waals surface area contributed by atoms with E-state index in [4.69, 9.17) is 10.8 Å². The molecule has 5 heteroatoms. The van der Waals surface area contributed by atoms with Crippen molar-refractivity contribution >= 4 is 9.84 Å². The molecule has 10 heavy (non-hydrogen) atoms. The van der Waals surface area contributed by atoms with Crippen LogP contribution >= 0.6 is 0 Å². The molecular formula is C5H7NO3S. The van der Waals surface area contributed by atoms with Gasteiger partial charge in [-0.3, -0.25) is 0 Å². The van der Waals surface area contributed by atoms with Crippen LogP contribution in [0, 0.1) is 0 Å². The zero-order valence-corrected chi connectivity index (χ0v) is 5.93. The van der Waals surface area contributed by atoms with Crippen LogP contribution in [-0.4, -0.2) is 19.3 Å². The zero-order valence-electron chi connectivity index (χ0n) is 5.11. The van der Waals surface area contributed by atoms with Gasteiger partial charge in [0.2, 0.25) is 0 Å². The van der Waals surface area contributed by atoms with Crippen molar-refractivity contribution in [2.45, 2.75) is 0 Å². The fraction of sp³-hybridized carbons (Fsp3) is 0.200. The molecular weight excluding hydrogens is 154 g/mol. The van der Waals surface area contributed by atoms with E-state index in [1.54, 1.807) is 0 Å². The van der Waals surface area contributed by atoms with Crippen molar-refractivity contribution in [2.24, 2.45) is 5.73 Å². The Morgan fingerprint density at radius 1 is 1.60 bits per heavy atom. The Bertz CT molecular complexity index is 299. The third-order valence-corrected chi connectivity index (χ3v) is 2.35. The average molecular weight is 161 g/mol. The molecule has 1 heterocycles. The molecule has 4 nitrogen and oxygen atoms in total. The van der Waals surface area contributed by atoms with E-state index in [1.165, 1.54) is 6.08 Å². The molecule has 0 spiro atoms. The van der Waals surface area contributed by atoms with Gasteiger partial charge in [-0.15, -0.1) is 0 Å². The van der Waals surface area contributed by atoms with E-state index < -0.39 is 9.84 Å². The van der Waals surface area contributed by atoms with E-state index >= 15 is 0 Å². The summed E-state index contributed by atoms with van der Waals surface area (Å²) in [5.74, 6) is -0.655. The van der Waals surface area contributed by atoms with E-state index in [0.717, 1.165) is 5.41 Å². The molecule has 0 unspecified atom stereocenters. The van der Waals surface area contributed by atoms with Gasteiger partial charge in [0.05, 0.1) is 5.70 Å². The lowest BCUT2D eigenvalue weighted by atomic mass is 10.4. The van der Waals surface area contributed by atoms with Crippen LogP contribution in [-0.2, 0) is 9.84 Å². The summed E-state index contributed by atoms with van der Waals surface area (Å²) in [5.41, 5.74) is 5.30. The van der Waals surface area contributed by atoms with Crippen molar-refractivity contribution < 1.29 is 13.5 Å². The van der Waals surface area contributed by atoms with Gasteiger partial charge in [-0.2, -0.15) is 0 Å². The summed E-state index contributed by atoms with van der Waals surface area (Å²) in [4.78, 5) is 0. The molecule has 0 radical (unpaired) electrons. The first-order valence-electron chi connectivity index (χ1n) is 2.60. The zero-order chi connectivity index (χ0) is 7.78. The second kappa shape index (κ2) is 2.02. The third kappa shape index (κ3) is 1.30. The predicted octanol–water partition coefficient (Wildman–Crippen LogP) is -0.343. The van der Waals surface area contributed by atoms with Crippen molar-refractivity contribution in [2.75, 3.05) is 5.75 Å². The molecule has 0 amide bonds. The van der Waals surface area contributed by atoms with Crippen LogP contribution < -0.4 is 5.73 Å². The van der Waals surface area contributed by atoms with Crippen LogP contribution in [0.5, 0.6) is 0 Å². The molecule has 1 rings (SSSR count). The van der Waals surface area contributed by atoms with E-state index in [2.05, 4.69) is 0 Å². The minimum absolute atomic E-state index is 0.120. The van der Waals surface area contributed by atoms with Crippen molar-refractivity contribution in [1.82, 2.24) is 0 Å². The molecule has 0 aromatic carbocycles. The van der Waals surface area contributed by atoms with E-state index in [9.17, 15) is 8.42 Å². The molecule has 0 aromatic rings. The molecule has 0 saturated heterocycles. The fourth-order valence-electron chi connectivity index (χ4n) is 0.595. The third-order valence-electron chi connectivity index (χ3n) is 1.13. The van der Waals surface area contributed by atoms with Crippen LogP contribution in [0.4, 0.5) is 0 Å². The summed E-state index contributed by atoms with van der Waals surface area (Å²) in [5, 5.41) is 9.83. The van der Waals surface area contributed by atoms with Crippen LogP contribution in [0.2, 0.25) is 0 Å². The average Bonchev–Trinajstić information content (AvgIpc) is 1.79. The SMILES string of the molecule is NC1=C(O)CS(=O)(=O)C=C1. The highest BCUT2D eigenvalue weighted by molar-refractivity contribution is 7.94. The van der Waals surface area contributed by atoms with Crippen molar-refractivity contribution in [3.63, 3.8) is 0 Å². The maximum absolute atomic E-state index is 10.7. The van der Waals surface area contributed by atoms with E-state index in [0.29, 0.717) is 0 Å². The van der Waals surface area contributed by atoms with Crippen LogP contribution in [0.25, 0.3) is 0 Å². The normalized spacial score (nSPS) is 23.2. The van der Waals surface area contributed by atoms with Crippen LogP contribution in [0.1, 0.15) is 0 Å². The Morgan fingerprint density at radius 2 is 2.20 bits per heavy atom. The Morgan fingerprint density at radius 3 is 2.60 bits per heavy atom. The standard InChI is InChI=1S/C5H7NO3S/c6-4-1-2-10(8,9)3-5(4)7/h1-2,7H,3,6H2. The molecule has 0 bridgehead atoms. The lowest BCUT2D eigenvalue weighted by molar-refractivity contribution is 0.407. The minimum atomic E-state index is -3.23. The Kier molecular flexibility index (Phi) is 1.44. The molecule has 0 atom stereocenters. The van der Waals surface area contributed by atoms with Gasteiger partial charge < -0.3 is 10.8 Å². The largest absolute Gasteiger partial charge is 0.509 e. The number of nitrogens with two attached hydrogens (primary N) is 1. The second-order valence-corrected chi connectivity index (χ2v) is 3.90. The van der Waals surface area contributed by atoms with Gasteiger partial charge in [-0.25, -0.2) is 8.42 Å². The Balaban J connectivity index is 3.07. The second-order valence-electron chi connectivity index (χ2n) is 2.01. The summed E-state index contributed by atoms with van der Waals surface area (Å²) in [7, 11) is -3.23. The number of hydrogen-bond donors (Lipinski definition) is 2. The molecule has 0 saturated carbocycles. The highest BCUT2D eigenvalue weighted by Gasteiger charge is 2.15. The molecule has 0 aromatic heterocycles. The Labute approximate surface area is 58.6 Å². The first-order chi connectivity index (χ1) is 4.51. The highest BCUT2D eigenvalue weighted by Crippen LogP contribution is 2.09. The van der Waals surface area contributed by atoms with Crippen molar-refractivity contribution in [3.8, 4) is 0 Å². The highest BCUT2D eigenvalue weighted by atomic mass is 32.2. The number of rotatable bonds is 0. The molecule has 0 aliphatic carbocycles. The number of hydrogen-bond acceptors (Lipinski definition) is 4. The number of aliphatic hydroxyl groups is 1. The van der Waals surface area contributed by atoms with Crippen LogP contribution in [0.3, 0.4) is 0 Å². The molecule has 3 N–H and O–H groups in total. The molecule has 1 aliphatic rings. The van der Waals surface area contributed by atoms with Gasteiger partial charge in [0, 0.05) is 5.41 Å². The summed E-state index contributed by atoms with van der Waals surface area (Å²) >= 11 is 0. The topological polar surface area (TPSA) is 80.4 Å². The first-order valence-corrected chi connectivity index (χ1v) is 4.31. The van der Waals surface area contributed by atoms with E-state index in [-0.39, 0.29) is 17.2 Å². The molecule has 56 valence electrons. The number of sulfone groups is 1. The lowest BCUT2D eigenvalue weighted by Crippen LogP contribution is -2.14. The monoisotopic (exact) mass is 161 g/mol. The molecule has 1 aliphatic heterocycles. The Hall–Kier alpha value is -0.970. The number of aliphatic hydroxyl groups excluding tert-OH is 1. The first kappa shape index (κ1) is 7.14. The van der Waals surface area contributed by atoms with Crippen LogP contribution in [0.15, 0.2) is 22.9 Å². The van der Waals surface area contributed by atoms with E-state index in [1.807, 2.05) is 0 Å². The van der Waals surface area contributed by atoms with Gasteiger partial charge in [-0.05, 0) is 6.08 Å². The van der Waals surface area contributed by atoms with Crippen molar-refractivity contribution in [3.05, 3.63) is 22.9 Å². The summed E-state index contributed by atoms with van der Waals surface area (Å²) in [6, 6.07) is 0. The minimum Gasteiger partial charge on any atom is -0.509 e.